The maximum atomic E-state index is 12.2. The molecule has 26 heavy (non-hydrogen) atoms. The molecule has 0 aromatic carbocycles. The highest BCUT2D eigenvalue weighted by Crippen LogP contribution is 2.18. The standard InChI is InChI=1S/C17H19N5O2S2/c1-9-10(2)26-14(20-9)5-4-6-18-16(23)12-7-19-15(22-17(12)24)13-8-25-11(3)21-13/h7-8H,4-6H2,1-3H3,(H,18,23)(H,19,22,24). The van der Waals surface area contributed by atoms with E-state index in [1.807, 2.05) is 26.2 Å². The van der Waals surface area contributed by atoms with E-state index in [9.17, 15) is 9.59 Å². The minimum absolute atomic E-state index is 0.00152. The third-order valence-electron chi connectivity index (χ3n) is 3.83. The Bertz CT molecular complexity index is 970. The SMILES string of the molecule is Cc1nc(-c2ncc(C(=O)NCCCc3nc(C)c(C)s3)c(=O)[nH]2)cs1. The minimum atomic E-state index is -0.468. The Morgan fingerprint density at radius 3 is 2.69 bits per heavy atom. The molecule has 0 aliphatic heterocycles. The van der Waals surface area contributed by atoms with Crippen molar-refractivity contribution in [1.82, 2.24) is 25.3 Å². The summed E-state index contributed by atoms with van der Waals surface area (Å²) in [6.45, 7) is 6.40. The van der Waals surface area contributed by atoms with E-state index in [0.717, 1.165) is 28.6 Å². The van der Waals surface area contributed by atoms with Crippen molar-refractivity contribution < 1.29 is 4.79 Å². The maximum Gasteiger partial charge on any atom is 0.264 e. The average Bonchev–Trinajstić information content (AvgIpc) is 3.17. The van der Waals surface area contributed by atoms with E-state index in [0.29, 0.717) is 18.1 Å². The molecule has 0 unspecified atom stereocenters. The van der Waals surface area contributed by atoms with Gasteiger partial charge in [0.15, 0.2) is 5.82 Å². The molecule has 0 aliphatic rings. The number of rotatable bonds is 6. The van der Waals surface area contributed by atoms with Crippen LogP contribution in [0.5, 0.6) is 0 Å². The predicted octanol–water partition coefficient (Wildman–Crippen LogP) is 2.64. The van der Waals surface area contributed by atoms with Gasteiger partial charge in [-0.05, 0) is 27.2 Å². The quantitative estimate of drug-likeness (QED) is 0.631. The van der Waals surface area contributed by atoms with Crippen molar-refractivity contribution >= 4 is 28.6 Å². The summed E-state index contributed by atoms with van der Waals surface area (Å²) in [5.41, 5.74) is 1.19. The van der Waals surface area contributed by atoms with Crippen LogP contribution in [0.4, 0.5) is 0 Å². The lowest BCUT2D eigenvalue weighted by atomic mass is 10.2. The number of nitrogens with zero attached hydrogens (tertiary/aromatic N) is 3. The van der Waals surface area contributed by atoms with Gasteiger partial charge in [-0.2, -0.15) is 0 Å². The monoisotopic (exact) mass is 389 g/mol. The number of amides is 1. The summed E-state index contributed by atoms with van der Waals surface area (Å²) in [6, 6.07) is 0. The van der Waals surface area contributed by atoms with Gasteiger partial charge in [-0.25, -0.2) is 15.0 Å². The number of carbonyl (C=O) groups excluding carboxylic acids is 1. The molecule has 2 N–H and O–H groups in total. The van der Waals surface area contributed by atoms with Gasteiger partial charge in [-0.15, -0.1) is 22.7 Å². The summed E-state index contributed by atoms with van der Waals surface area (Å²) >= 11 is 3.15. The van der Waals surface area contributed by atoms with E-state index in [1.165, 1.54) is 22.4 Å². The molecule has 1 amide bonds. The predicted molar refractivity (Wildman–Crippen MR) is 103 cm³/mol. The third-order valence-corrected chi connectivity index (χ3v) is 5.74. The summed E-state index contributed by atoms with van der Waals surface area (Å²) in [5, 5.41) is 6.52. The van der Waals surface area contributed by atoms with Crippen molar-refractivity contribution in [2.75, 3.05) is 6.54 Å². The Hall–Kier alpha value is -2.39. The first-order chi connectivity index (χ1) is 12.4. The van der Waals surface area contributed by atoms with Gasteiger partial charge < -0.3 is 10.3 Å². The van der Waals surface area contributed by atoms with Crippen LogP contribution in [-0.2, 0) is 6.42 Å². The normalized spacial score (nSPS) is 10.9. The number of carbonyl (C=O) groups is 1. The molecule has 136 valence electrons. The topological polar surface area (TPSA) is 101 Å². The lowest BCUT2D eigenvalue weighted by Gasteiger charge is -2.04. The van der Waals surface area contributed by atoms with E-state index in [1.54, 1.807) is 11.3 Å². The lowest BCUT2D eigenvalue weighted by molar-refractivity contribution is 0.0951. The van der Waals surface area contributed by atoms with Crippen molar-refractivity contribution in [2.45, 2.75) is 33.6 Å². The Morgan fingerprint density at radius 1 is 1.27 bits per heavy atom. The molecular formula is C17H19N5O2S2. The Morgan fingerprint density at radius 2 is 2.08 bits per heavy atom. The zero-order valence-electron chi connectivity index (χ0n) is 14.8. The minimum Gasteiger partial charge on any atom is -0.352 e. The number of aromatic amines is 1. The average molecular weight is 390 g/mol. The van der Waals surface area contributed by atoms with E-state index in [4.69, 9.17) is 0 Å². The molecule has 3 heterocycles. The second-order valence-electron chi connectivity index (χ2n) is 5.84. The van der Waals surface area contributed by atoms with Crippen molar-refractivity contribution in [3.05, 3.63) is 48.1 Å². The lowest BCUT2D eigenvalue weighted by Crippen LogP contribution is -2.31. The van der Waals surface area contributed by atoms with Crippen molar-refractivity contribution in [1.29, 1.82) is 0 Å². The third kappa shape index (κ3) is 4.23. The first-order valence-electron chi connectivity index (χ1n) is 8.17. The van der Waals surface area contributed by atoms with E-state index in [2.05, 4.69) is 25.3 Å². The molecule has 0 saturated heterocycles. The number of hydrogen-bond donors (Lipinski definition) is 2. The highest BCUT2D eigenvalue weighted by Gasteiger charge is 2.13. The number of nitrogens with one attached hydrogen (secondary N) is 2. The van der Waals surface area contributed by atoms with Gasteiger partial charge in [0.1, 0.15) is 11.3 Å². The van der Waals surface area contributed by atoms with Gasteiger partial charge in [0.25, 0.3) is 11.5 Å². The molecule has 3 aromatic rings. The van der Waals surface area contributed by atoms with E-state index >= 15 is 0 Å². The highest BCUT2D eigenvalue weighted by atomic mass is 32.1. The fourth-order valence-corrected chi connectivity index (χ4v) is 3.92. The van der Waals surface area contributed by atoms with Crippen LogP contribution in [0.3, 0.4) is 0 Å². The Balaban J connectivity index is 1.57. The number of aryl methyl sites for hydroxylation is 4. The fourth-order valence-electron chi connectivity index (χ4n) is 2.34. The largest absolute Gasteiger partial charge is 0.352 e. The molecule has 0 aliphatic carbocycles. The van der Waals surface area contributed by atoms with Crippen molar-refractivity contribution in [2.24, 2.45) is 0 Å². The fraction of sp³-hybridized carbons (Fsp3) is 0.353. The first kappa shape index (κ1) is 18.4. The molecule has 0 atom stereocenters. The van der Waals surface area contributed by atoms with Gasteiger partial charge in [0.05, 0.1) is 15.7 Å². The molecule has 0 radical (unpaired) electrons. The summed E-state index contributed by atoms with van der Waals surface area (Å²) in [4.78, 5) is 41.1. The molecule has 0 bridgehead atoms. The van der Waals surface area contributed by atoms with Crippen molar-refractivity contribution in [3.8, 4) is 11.5 Å². The van der Waals surface area contributed by atoms with Crippen molar-refractivity contribution in [3.63, 3.8) is 0 Å². The molecule has 7 nitrogen and oxygen atoms in total. The zero-order valence-corrected chi connectivity index (χ0v) is 16.4. The maximum absolute atomic E-state index is 12.2. The molecular weight excluding hydrogens is 370 g/mol. The van der Waals surface area contributed by atoms with Gasteiger partial charge in [-0.3, -0.25) is 9.59 Å². The zero-order chi connectivity index (χ0) is 18.7. The second-order valence-corrected chi connectivity index (χ2v) is 8.18. The number of H-pyrrole nitrogens is 1. The molecule has 0 fully saturated rings. The number of hydrogen-bond acceptors (Lipinski definition) is 7. The van der Waals surface area contributed by atoms with Gasteiger partial charge >= 0.3 is 0 Å². The van der Waals surface area contributed by atoms with Crippen LogP contribution < -0.4 is 10.9 Å². The highest BCUT2D eigenvalue weighted by molar-refractivity contribution is 7.11. The second kappa shape index (κ2) is 7.88. The molecule has 9 heteroatoms. The first-order valence-corrected chi connectivity index (χ1v) is 9.86. The van der Waals surface area contributed by atoms with Crippen LogP contribution in [0.1, 0.15) is 37.4 Å². The van der Waals surface area contributed by atoms with Gasteiger partial charge in [0, 0.05) is 29.4 Å². The molecule has 0 saturated carbocycles. The molecule has 0 spiro atoms. The Kier molecular flexibility index (Phi) is 5.58. The Labute approximate surface area is 158 Å². The number of thiazole rings is 2. The van der Waals surface area contributed by atoms with Gasteiger partial charge in [-0.1, -0.05) is 0 Å². The van der Waals surface area contributed by atoms with Crippen LogP contribution in [-0.4, -0.2) is 32.4 Å². The summed E-state index contributed by atoms with van der Waals surface area (Å²) < 4.78 is 0. The smallest absolute Gasteiger partial charge is 0.264 e. The molecule has 3 aromatic heterocycles. The van der Waals surface area contributed by atoms with Crippen LogP contribution in [0, 0.1) is 20.8 Å². The summed E-state index contributed by atoms with van der Waals surface area (Å²) in [5.74, 6) is -0.0586. The number of aromatic nitrogens is 4. The van der Waals surface area contributed by atoms with Crippen LogP contribution in [0.25, 0.3) is 11.5 Å². The summed E-state index contributed by atoms with van der Waals surface area (Å²) in [7, 11) is 0. The van der Waals surface area contributed by atoms with Gasteiger partial charge in [0.2, 0.25) is 0 Å². The van der Waals surface area contributed by atoms with E-state index in [-0.39, 0.29) is 5.56 Å². The van der Waals surface area contributed by atoms with Crippen LogP contribution in [0.15, 0.2) is 16.4 Å². The molecule has 3 rings (SSSR count). The van der Waals surface area contributed by atoms with Crippen LogP contribution >= 0.6 is 22.7 Å². The van der Waals surface area contributed by atoms with E-state index < -0.39 is 11.5 Å². The van der Waals surface area contributed by atoms with Crippen LogP contribution in [0.2, 0.25) is 0 Å². The summed E-state index contributed by atoms with van der Waals surface area (Å²) in [6.07, 6.45) is 2.86.